The topological polar surface area (TPSA) is 49.3 Å². The molecule has 0 aliphatic heterocycles. The van der Waals surface area contributed by atoms with Gasteiger partial charge in [-0.3, -0.25) is 4.79 Å². The number of aromatic hydroxyl groups is 1. The second kappa shape index (κ2) is 5.54. The van der Waals surface area contributed by atoms with Crippen LogP contribution in [0.4, 0.5) is 18.9 Å². The number of halogens is 4. The molecule has 2 rings (SSSR count). The van der Waals surface area contributed by atoms with E-state index in [4.69, 9.17) is 0 Å². The van der Waals surface area contributed by atoms with Crippen LogP contribution in [-0.2, 0) is 0 Å². The SMILES string of the molecule is O=C(Nc1ccc(F)c(F)c1F)c1ccc(Br)c(O)c1. The number of phenolic OH excluding ortho intramolecular Hbond substituents is 1. The minimum Gasteiger partial charge on any atom is -0.507 e. The second-order valence-corrected chi connectivity index (χ2v) is 4.70. The van der Waals surface area contributed by atoms with Crippen molar-refractivity contribution in [2.75, 3.05) is 5.32 Å². The summed E-state index contributed by atoms with van der Waals surface area (Å²) in [5.41, 5.74) is -0.453. The largest absolute Gasteiger partial charge is 0.507 e. The Labute approximate surface area is 120 Å². The van der Waals surface area contributed by atoms with Crippen molar-refractivity contribution in [3.05, 3.63) is 57.8 Å². The predicted octanol–water partition coefficient (Wildman–Crippen LogP) is 3.82. The van der Waals surface area contributed by atoms with E-state index in [9.17, 15) is 23.1 Å². The average molecular weight is 346 g/mol. The lowest BCUT2D eigenvalue weighted by atomic mass is 10.2. The van der Waals surface area contributed by atoms with Gasteiger partial charge in [-0.05, 0) is 46.3 Å². The fourth-order valence-corrected chi connectivity index (χ4v) is 1.72. The summed E-state index contributed by atoms with van der Waals surface area (Å²) in [7, 11) is 0. The van der Waals surface area contributed by atoms with E-state index in [0.29, 0.717) is 10.5 Å². The quantitative estimate of drug-likeness (QED) is 0.813. The number of hydrogen-bond acceptors (Lipinski definition) is 2. The molecule has 0 fully saturated rings. The zero-order chi connectivity index (χ0) is 14.9. The summed E-state index contributed by atoms with van der Waals surface area (Å²) in [5.74, 6) is -5.44. The fourth-order valence-electron chi connectivity index (χ4n) is 1.47. The van der Waals surface area contributed by atoms with Gasteiger partial charge in [0.15, 0.2) is 17.5 Å². The maximum absolute atomic E-state index is 13.4. The van der Waals surface area contributed by atoms with Gasteiger partial charge in [-0.15, -0.1) is 0 Å². The zero-order valence-corrected chi connectivity index (χ0v) is 11.3. The van der Waals surface area contributed by atoms with Crippen molar-refractivity contribution in [2.45, 2.75) is 0 Å². The Bertz CT molecular complexity index is 692. The number of hydrogen-bond donors (Lipinski definition) is 2. The second-order valence-electron chi connectivity index (χ2n) is 3.84. The highest BCUT2D eigenvalue weighted by molar-refractivity contribution is 9.10. The zero-order valence-electron chi connectivity index (χ0n) is 9.75. The van der Waals surface area contributed by atoms with Gasteiger partial charge in [-0.1, -0.05) is 0 Å². The molecule has 20 heavy (non-hydrogen) atoms. The van der Waals surface area contributed by atoms with Crippen molar-refractivity contribution < 1.29 is 23.1 Å². The van der Waals surface area contributed by atoms with E-state index in [1.807, 2.05) is 0 Å². The van der Waals surface area contributed by atoms with Crippen LogP contribution in [0, 0.1) is 17.5 Å². The summed E-state index contributed by atoms with van der Waals surface area (Å²) in [6, 6.07) is 5.55. The summed E-state index contributed by atoms with van der Waals surface area (Å²) >= 11 is 3.04. The van der Waals surface area contributed by atoms with Gasteiger partial charge in [0.05, 0.1) is 10.2 Å². The van der Waals surface area contributed by atoms with Gasteiger partial charge < -0.3 is 10.4 Å². The van der Waals surface area contributed by atoms with Crippen molar-refractivity contribution >= 4 is 27.5 Å². The number of phenols is 1. The van der Waals surface area contributed by atoms with E-state index in [-0.39, 0.29) is 11.3 Å². The maximum atomic E-state index is 13.4. The molecule has 0 radical (unpaired) electrons. The fraction of sp³-hybridized carbons (Fsp3) is 0. The molecule has 0 aliphatic rings. The van der Waals surface area contributed by atoms with Crippen LogP contribution in [0.5, 0.6) is 5.75 Å². The Hall–Kier alpha value is -2.02. The van der Waals surface area contributed by atoms with Crippen molar-refractivity contribution in [2.24, 2.45) is 0 Å². The minimum absolute atomic E-state index is 0.0369. The molecule has 104 valence electrons. The predicted molar refractivity (Wildman–Crippen MR) is 70.1 cm³/mol. The first-order valence-corrected chi connectivity index (χ1v) is 6.13. The smallest absolute Gasteiger partial charge is 0.255 e. The van der Waals surface area contributed by atoms with Gasteiger partial charge in [-0.25, -0.2) is 13.2 Å². The molecular weight excluding hydrogens is 339 g/mol. The summed E-state index contributed by atoms with van der Waals surface area (Å²) in [5, 5.41) is 11.5. The lowest BCUT2D eigenvalue weighted by Gasteiger charge is -2.08. The maximum Gasteiger partial charge on any atom is 0.255 e. The van der Waals surface area contributed by atoms with E-state index < -0.39 is 29.0 Å². The van der Waals surface area contributed by atoms with Crippen LogP contribution in [0.2, 0.25) is 0 Å². The normalized spacial score (nSPS) is 10.4. The Kier molecular flexibility index (Phi) is 3.99. The van der Waals surface area contributed by atoms with E-state index in [0.717, 1.165) is 12.1 Å². The highest BCUT2D eigenvalue weighted by Gasteiger charge is 2.16. The number of amides is 1. The van der Waals surface area contributed by atoms with E-state index >= 15 is 0 Å². The lowest BCUT2D eigenvalue weighted by molar-refractivity contribution is 0.102. The van der Waals surface area contributed by atoms with Gasteiger partial charge in [0, 0.05) is 5.56 Å². The number of rotatable bonds is 2. The Morgan fingerprint density at radius 1 is 1.10 bits per heavy atom. The highest BCUT2D eigenvalue weighted by Crippen LogP contribution is 2.25. The molecule has 0 saturated heterocycles. The summed E-state index contributed by atoms with van der Waals surface area (Å²) in [4.78, 5) is 11.8. The first-order chi connectivity index (χ1) is 9.40. The van der Waals surface area contributed by atoms with Gasteiger partial charge >= 0.3 is 0 Å². The van der Waals surface area contributed by atoms with Crippen LogP contribution in [-0.4, -0.2) is 11.0 Å². The van der Waals surface area contributed by atoms with E-state index in [1.54, 1.807) is 0 Å². The van der Waals surface area contributed by atoms with Crippen LogP contribution in [0.25, 0.3) is 0 Å². The third kappa shape index (κ3) is 2.77. The first kappa shape index (κ1) is 14.4. The Morgan fingerprint density at radius 3 is 2.45 bits per heavy atom. The van der Waals surface area contributed by atoms with Crippen LogP contribution >= 0.6 is 15.9 Å². The molecule has 0 aromatic heterocycles. The number of carbonyl (C=O) groups is 1. The third-order valence-electron chi connectivity index (χ3n) is 2.49. The monoisotopic (exact) mass is 345 g/mol. The van der Waals surface area contributed by atoms with Crippen molar-refractivity contribution in [1.29, 1.82) is 0 Å². The van der Waals surface area contributed by atoms with Crippen LogP contribution in [0.3, 0.4) is 0 Å². The van der Waals surface area contributed by atoms with E-state index in [2.05, 4.69) is 21.2 Å². The molecular formula is C13H7BrF3NO2. The first-order valence-electron chi connectivity index (χ1n) is 5.33. The molecule has 0 bridgehead atoms. The molecule has 0 aliphatic carbocycles. The number of anilines is 1. The summed E-state index contributed by atoms with van der Waals surface area (Å²) < 4.78 is 39.5. The van der Waals surface area contributed by atoms with Gasteiger partial charge in [0.25, 0.3) is 5.91 Å². The molecule has 2 aromatic rings. The number of nitrogens with one attached hydrogen (secondary N) is 1. The summed E-state index contributed by atoms with van der Waals surface area (Å²) in [6.45, 7) is 0. The molecule has 0 atom stereocenters. The van der Waals surface area contributed by atoms with Crippen LogP contribution < -0.4 is 5.32 Å². The standard InChI is InChI=1S/C13H7BrF3NO2/c14-7-2-1-6(5-10(7)19)13(20)18-9-4-3-8(15)11(16)12(9)17/h1-5,19H,(H,18,20). The van der Waals surface area contributed by atoms with Crippen molar-refractivity contribution in [1.82, 2.24) is 0 Å². The molecule has 0 saturated carbocycles. The Balaban J connectivity index is 2.28. The van der Waals surface area contributed by atoms with Gasteiger partial charge in [-0.2, -0.15) is 0 Å². The lowest BCUT2D eigenvalue weighted by Crippen LogP contribution is -2.13. The van der Waals surface area contributed by atoms with Crippen LogP contribution in [0.1, 0.15) is 10.4 Å². The minimum atomic E-state index is -1.67. The number of benzene rings is 2. The Morgan fingerprint density at radius 2 is 1.80 bits per heavy atom. The third-order valence-corrected chi connectivity index (χ3v) is 3.16. The molecule has 0 spiro atoms. The summed E-state index contributed by atoms with van der Waals surface area (Å²) in [6.07, 6.45) is 0. The molecule has 7 heteroatoms. The molecule has 1 amide bonds. The molecule has 2 N–H and O–H groups in total. The van der Waals surface area contributed by atoms with Gasteiger partial charge in [0.1, 0.15) is 5.75 Å². The molecule has 0 heterocycles. The van der Waals surface area contributed by atoms with Crippen LogP contribution in [0.15, 0.2) is 34.8 Å². The molecule has 3 nitrogen and oxygen atoms in total. The van der Waals surface area contributed by atoms with Crippen molar-refractivity contribution in [3.8, 4) is 5.75 Å². The van der Waals surface area contributed by atoms with E-state index in [1.165, 1.54) is 12.1 Å². The molecule has 0 unspecified atom stereocenters. The molecule has 2 aromatic carbocycles. The van der Waals surface area contributed by atoms with Gasteiger partial charge in [0.2, 0.25) is 0 Å². The number of carbonyl (C=O) groups excluding carboxylic acids is 1. The van der Waals surface area contributed by atoms with Crippen molar-refractivity contribution in [3.63, 3.8) is 0 Å². The average Bonchev–Trinajstić information content (AvgIpc) is 2.42. The highest BCUT2D eigenvalue weighted by atomic mass is 79.9.